The highest BCUT2D eigenvalue weighted by Crippen LogP contribution is 2.46. The first-order valence-electron chi connectivity index (χ1n) is 12.2. The Hall–Kier alpha value is -2.98. The number of benzene rings is 1. The Morgan fingerprint density at radius 2 is 1.89 bits per heavy atom. The van der Waals surface area contributed by atoms with E-state index >= 15 is 0 Å². The molecule has 2 saturated heterocycles. The van der Waals surface area contributed by atoms with E-state index in [4.69, 9.17) is 0 Å². The fraction of sp³-hybridized carbons (Fsp3) is 0.423. The van der Waals surface area contributed by atoms with E-state index in [0.29, 0.717) is 23.1 Å². The number of nitrogens with zero attached hydrogens (tertiary/aromatic N) is 3. The summed E-state index contributed by atoms with van der Waals surface area (Å²) in [5.41, 5.74) is 2.90. The highest BCUT2D eigenvalue weighted by molar-refractivity contribution is 7.19. The minimum atomic E-state index is -4.45. The number of thiophene rings is 1. The standard InChI is InChI=1S/C26H25F3N4O2S/c27-26(28,29)16-10-15-2-1-9-32(17-5-7-30-13-17)24(15)20(11-16)19-6-8-31-21-12-18(36-25(19)21)14-33-22(34)3-4-23(33)35/h6,8,10-12,17,30H,1-5,7,9,13-14H2/t17-/m0/s1. The monoisotopic (exact) mass is 514 g/mol. The first-order valence-corrected chi connectivity index (χ1v) is 13.0. The SMILES string of the molecule is O=C1CCC(=O)N1Cc1cc2nccc(-c3cc(C(F)(F)F)cc4c3N([C@H]3CCNC3)CCC4)c2s1. The summed E-state index contributed by atoms with van der Waals surface area (Å²) < 4.78 is 42.7. The molecule has 2 fully saturated rings. The van der Waals surface area contributed by atoms with Gasteiger partial charge in [-0.25, -0.2) is 0 Å². The van der Waals surface area contributed by atoms with Crippen molar-refractivity contribution in [1.29, 1.82) is 0 Å². The topological polar surface area (TPSA) is 65.5 Å². The number of amides is 2. The van der Waals surface area contributed by atoms with Crippen LogP contribution in [0.1, 0.15) is 41.7 Å². The summed E-state index contributed by atoms with van der Waals surface area (Å²) in [4.78, 5) is 33.0. The third-order valence-corrected chi connectivity index (χ3v) is 8.49. The molecule has 188 valence electrons. The van der Waals surface area contributed by atoms with E-state index < -0.39 is 11.7 Å². The lowest BCUT2D eigenvalue weighted by atomic mass is 9.90. The smallest absolute Gasteiger partial charge is 0.366 e. The number of imide groups is 1. The van der Waals surface area contributed by atoms with Gasteiger partial charge in [0.15, 0.2) is 0 Å². The molecular formula is C26H25F3N4O2S. The number of rotatable bonds is 4. The van der Waals surface area contributed by atoms with Crippen LogP contribution in [-0.4, -0.2) is 47.4 Å². The molecule has 1 aromatic carbocycles. The number of alkyl halides is 3. The van der Waals surface area contributed by atoms with Crippen LogP contribution in [0.25, 0.3) is 21.3 Å². The average Bonchev–Trinajstić information content (AvgIpc) is 3.59. The molecule has 0 radical (unpaired) electrons. The molecule has 1 atom stereocenters. The van der Waals surface area contributed by atoms with Gasteiger partial charge in [0.1, 0.15) is 0 Å². The van der Waals surface area contributed by atoms with Gasteiger partial charge >= 0.3 is 6.18 Å². The molecular weight excluding hydrogens is 489 g/mol. The largest absolute Gasteiger partial charge is 0.416 e. The number of pyridine rings is 1. The Labute approximate surface area is 210 Å². The van der Waals surface area contributed by atoms with E-state index in [2.05, 4.69) is 15.2 Å². The van der Waals surface area contributed by atoms with Gasteiger partial charge in [-0.05, 0) is 55.6 Å². The van der Waals surface area contributed by atoms with Crippen LogP contribution >= 0.6 is 11.3 Å². The van der Waals surface area contributed by atoms with Gasteiger partial charge in [-0.1, -0.05) is 0 Å². The third kappa shape index (κ3) is 4.06. The zero-order valence-electron chi connectivity index (χ0n) is 19.5. The van der Waals surface area contributed by atoms with Gasteiger partial charge < -0.3 is 10.2 Å². The minimum Gasteiger partial charge on any atom is -0.366 e. The fourth-order valence-electron chi connectivity index (χ4n) is 5.65. The van der Waals surface area contributed by atoms with E-state index in [1.807, 2.05) is 6.07 Å². The highest BCUT2D eigenvalue weighted by Gasteiger charge is 2.36. The number of hydrogen-bond donors (Lipinski definition) is 1. The molecule has 0 aliphatic carbocycles. The molecule has 2 aromatic heterocycles. The molecule has 1 N–H and O–H groups in total. The Morgan fingerprint density at radius 3 is 2.61 bits per heavy atom. The van der Waals surface area contributed by atoms with Gasteiger partial charge in [-0.2, -0.15) is 13.2 Å². The first-order chi connectivity index (χ1) is 17.3. The summed E-state index contributed by atoms with van der Waals surface area (Å²) in [5.74, 6) is -0.392. The summed E-state index contributed by atoms with van der Waals surface area (Å²) in [6.07, 6.45) is -0.0257. The number of fused-ring (bicyclic) bond motifs is 2. The number of aromatic nitrogens is 1. The molecule has 0 bridgehead atoms. The van der Waals surface area contributed by atoms with E-state index in [0.717, 1.165) is 53.3 Å². The van der Waals surface area contributed by atoms with Gasteiger partial charge in [0.05, 0.1) is 22.3 Å². The lowest BCUT2D eigenvalue weighted by Gasteiger charge is -2.38. The van der Waals surface area contributed by atoms with Crippen molar-refractivity contribution in [2.75, 3.05) is 24.5 Å². The van der Waals surface area contributed by atoms with Crippen molar-refractivity contribution in [3.05, 3.63) is 46.5 Å². The maximum Gasteiger partial charge on any atom is 0.416 e. The van der Waals surface area contributed by atoms with Crippen molar-refractivity contribution in [2.45, 2.75) is 50.9 Å². The molecule has 0 spiro atoms. The Balaban J connectivity index is 1.50. The predicted octanol–water partition coefficient (Wildman–Crippen LogP) is 4.75. The van der Waals surface area contributed by atoms with Gasteiger partial charge in [0.25, 0.3) is 0 Å². The van der Waals surface area contributed by atoms with Gasteiger partial charge in [-0.15, -0.1) is 11.3 Å². The van der Waals surface area contributed by atoms with E-state index in [9.17, 15) is 22.8 Å². The number of likely N-dealkylation sites (tertiary alicyclic amines) is 1. The molecule has 36 heavy (non-hydrogen) atoms. The lowest BCUT2D eigenvalue weighted by Crippen LogP contribution is -2.40. The minimum absolute atomic E-state index is 0.165. The second-order valence-electron chi connectivity index (χ2n) is 9.63. The van der Waals surface area contributed by atoms with Gasteiger partial charge in [0.2, 0.25) is 11.8 Å². The lowest BCUT2D eigenvalue weighted by molar-refractivity contribution is -0.139. The maximum absolute atomic E-state index is 14.0. The maximum atomic E-state index is 14.0. The molecule has 3 aliphatic heterocycles. The third-order valence-electron chi connectivity index (χ3n) is 7.35. The first kappa shape index (κ1) is 23.4. The highest BCUT2D eigenvalue weighted by atomic mass is 32.1. The van der Waals surface area contributed by atoms with Crippen molar-refractivity contribution in [1.82, 2.24) is 15.2 Å². The van der Waals surface area contributed by atoms with E-state index in [1.165, 1.54) is 28.4 Å². The number of halogens is 3. The van der Waals surface area contributed by atoms with Crippen LogP contribution in [0.4, 0.5) is 18.9 Å². The summed E-state index contributed by atoms with van der Waals surface area (Å²) in [6, 6.07) is 6.45. The van der Waals surface area contributed by atoms with Crippen molar-refractivity contribution in [3.8, 4) is 11.1 Å². The van der Waals surface area contributed by atoms with Crippen molar-refractivity contribution < 1.29 is 22.8 Å². The zero-order chi connectivity index (χ0) is 25.0. The van der Waals surface area contributed by atoms with Crippen LogP contribution < -0.4 is 10.2 Å². The van der Waals surface area contributed by atoms with Crippen LogP contribution in [0.2, 0.25) is 0 Å². The number of nitrogens with one attached hydrogen (secondary N) is 1. The Bertz CT molecular complexity index is 1350. The summed E-state index contributed by atoms with van der Waals surface area (Å²) in [7, 11) is 0. The molecule has 0 unspecified atom stereocenters. The number of carbonyl (C=O) groups is 2. The van der Waals surface area contributed by atoms with Gasteiger partial charge in [-0.3, -0.25) is 19.5 Å². The van der Waals surface area contributed by atoms with Crippen LogP contribution in [0.3, 0.4) is 0 Å². The molecule has 2 amide bonds. The molecule has 5 heterocycles. The van der Waals surface area contributed by atoms with Crippen molar-refractivity contribution >= 4 is 39.1 Å². The average molecular weight is 515 g/mol. The van der Waals surface area contributed by atoms with Gasteiger partial charge in [0, 0.05) is 59.9 Å². The van der Waals surface area contributed by atoms with Crippen molar-refractivity contribution in [3.63, 3.8) is 0 Å². The zero-order valence-corrected chi connectivity index (χ0v) is 20.3. The van der Waals surface area contributed by atoms with Crippen LogP contribution in [0, 0.1) is 0 Å². The molecule has 6 nitrogen and oxygen atoms in total. The number of anilines is 1. The second kappa shape index (κ2) is 8.85. The Kier molecular flexibility index (Phi) is 5.75. The molecule has 6 rings (SSSR count). The summed E-state index contributed by atoms with van der Waals surface area (Å²) >= 11 is 1.39. The summed E-state index contributed by atoms with van der Waals surface area (Å²) in [5, 5.41) is 3.38. The van der Waals surface area contributed by atoms with Crippen molar-refractivity contribution in [2.24, 2.45) is 0 Å². The normalized spacial score (nSPS) is 20.6. The number of hydrogen-bond acceptors (Lipinski definition) is 6. The second-order valence-corrected chi connectivity index (χ2v) is 10.8. The van der Waals surface area contributed by atoms with Crippen LogP contribution in [0.5, 0.6) is 0 Å². The predicted molar refractivity (Wildman–Crippen MR) is 132 cm³/mol. The number of aryl methyl sites for hydroxylation is 1. The fourth-order valence-corrected chi connectivity index (χ4v) is 6.78. The van der Waals surface area contributed by atoms with Crippen LogP contribution in [-0.2, 0) is 28.7 Å². The molecule has 3 aliphatic rings. The molecule has 10 heteroatoms. The quantitative estimate of drug-likeness (QED) is 0.510. The number of carbonyl (C=O) groups excluding carboxylic acids is 2. The van der Waals surface area contributed by atoms with E-state index in [-0.39, 0.29) is 37.2 Å². The Morgan fingerprint density at radius 1 is 1.08 bits per heavy atom. The summed E-state index contributed by atoms with van der Waals surface area (Å²) in [6.45, 7) is 2.68. The molecule has 3 aromatic rings. The molecule has 0 saturated carbocycles. The van der Waals surface area contributed by atoms with Crippen LogP contribution in [0.15, 0.2) is 30.5 Å². The van der Waals surface area contributed by atoms with E-state index in [1.54, 1.807) is 12.3 Å².